The number of para-hydroxylation sites is 3. The quantitative estimate of drug-likeness (QED) is 0.0559. The standard InChI is InChI=1S/C20H32N2Si2.C15H21BrN2Si.C14H18N2Si.C7H8O3S.C5H11BrSi.C4H9.Li.H2O/c1-16(2)23(6,7)18-15-21-19(24(8,9)20(3,4)5)22(18)17-13-11-10-12-14-17;1-15(2,3)19(4,5)14-17-11-13(16)18(14)12-9-7-6-8-10-12;1-12(2)17(3,4)14-10-15-11-16(14)13-8-6-5-7-9-13;1-6-2-4-7(5-3-6)11(8,9)10;1-5(2)7(3,4)6;1-3-4-2;;/h10-15H,1H2,2-9H3;6-11H,1-5H3;5-11H,1H2,2-4H3;2-5H,1H3,(H,8,9,10);1H2,2-4H3;1,3-4H2,2H3;;1H2/q;;;;;-1;+1;. The van der Waals surface area contributed by atoms with E-state index in [0.717, 1.165) is 16.6 Å². The van der Waals surface area contributed by atoms with Crippen LogP contribution in [-0.4, -0.2) is 86.1 Å². The molecule has 7 rings (SSSR count). The van der Waals surface area contributed by atoms with Crippen molar-refractivity contribution < 1.29 is 37.3 Å². The number of aryl methyl sites for hydroxylation is 1. The molecule has 0 saturated carbocycles. The summed E-state index contributed by atoms with van der Waals surface area (Å²) in [6.07, 6.45) is 10.2. The molecule has 3 heterocycles. The summed E-state index contributed by atoms with van der Waals surface area (Å²) in [5.41, 5.74) is 7.02. The average molecular weight is 1370 g/mol. The Morgan fingerprint density at radius 2 is 0.940 bits per heavy atom. The molecule has 84 heavy (non-hydrogen) atoms. The van der Waals surface area contributed by atoms with E-state index in [1.54, 1.807) is 12.1 Å². The van der Waals surface area contributed by atoms with Crippen LogP contribution in [0, 0.1) is 13.8 Å². The first-order valence-corrected chi connectivity index (χ1v) is 47.6. The predicted molar refractivity (Wildman–Crippen MR) is 382 cm³/mol. The van der Waals surface area contributed by atoms with E-state index in [9.17, 15) is 8.42 Å². The van der Waals surface area contributed by atoms with Crippen LogP contribution in [0.2, 0.25) is 75.5 Å². The van der Waals surface area contributed by atoms with Crippen LogP contribution in [0.4, 0.5) is 0 Å². The Hall–Kier alpha value is -3.76. The van der Waals surface area contributed by atoms with Crippen LogP contribution in [-0.2, 0) is 10.1 Å². The van der Waals surface area contributed by atoms with Crippen LogP contribution in [0.1, 0.15) is 87.6 Å². The number of unbranched alkanes of at least 4 members (excludes halogenated alkanes) is 1. The number of benzene rings is 4. The van der Waals surface area contributed by atoms with Gasteiger partial charge in [-0.1, -0.05) is 208 Å². The Kier molecular flexibility index (Phi) is 32.1. The molecule has 19 heteroatoms. The van der Waals surface area contributed by atoms with Gasteiger partial charge in [0.05, 0.1) is 28.3 Å². The summed E-state index contributed by atoms with van der Waals surface area (Å²) in [6, 6.07) is 37.5. The SMILES string of the molecule is C=C(C)[Si](C)(C)Br.C=C(C)[Si](C)(C)c1cnc([Si](C)(C)C(C)(C)C)n1-c1ccccc1.C=C(C)[Si](C)(C)c1cncn1-c1ccccc1.CC(C)(C)[Si](C)(C)c1ncc(Br)n1-c1ccccc1.Cc1ccc(S(=O)(=O)O)cc1.O.[CH2-]CCC.[Li+]. The second-order valence-corrected chi connectivity index (χ2v) is 57.3. The molecule has 0 bridgehead atoms. The van der Waals surface area contributed by atoms with Crippen LogP contribution in [0.15, 0.2) is 185 Å². The molecule has 0 atom stereocenters. The van der Waals surface area contributed by atoms with E-state index in [4.69, 9.17) is 14.5 Å². The Morgan fingerprint density at radius 3 is 1.29 bits per heavy atom. The van der Waals surface area contributed by atoms with Gasteiger partial charge < -0.3 is 21.5 Å². The number of rotatable bonds is 12. The van der Waals surface area contributed by atoms with Gasteiger partial charge in [0.1, 0.15) is 43.6 Å². The summed E-state index contributed by atoms with van der Waals surface area (Å²) in [5, 5.41) is 7.04. The van der Waals surface area contributed by atoms with Gasteiger partial charge in [-0.2, -0.15) is 14.8 Å². The van der Waals surface area contributed by atoms with Crippen LogP contribution in [0.25, 0.3) is 17.1 Å². The summed E-state index contributed by atoms with van der Waals surface area (Å²) in [6.45, 7) is 62.5. The van der Waals surface area contributed by atoms with Crippen molar-refractivity contribution in [1.29, 1.82) is 0 Å². The Labute approximate surface area is 542 Å². The Bertz CT molecular complexity index is 3250. The molecular formula is C65H101Br2LiN6O4SSi5. The van der Waals surface area contributed by atoms with Gasteiger partial charge in [0.15, 0.2) is 0 Å². The zero-order chi connectivity index (χ0) is 63.0. The maximum absolute atomic E-state index is 10.5. The fourth-order valence-electron chi connectivity index (χ4n) is 7.04. The van der Waals surface area contributed by atoms with Crippen molar-refractivity contribution in [3.8, 4) is 17.1 Å². The van der Waals surface area contributed by atoms with E-state index in [1.165, 1.54) is 72.7 Å². The minimum absolute atomic E-state index is 0. The first-order valence-electron chi connectivity index (χ1n) is 28.1. The number of halogens is 2. The minimum Gasteiger partial charge on any atom is -0.412 e. The van der Waals surface area contributed by atoms with Crippen molar-refractivity contribution in [3.05, 3.63) is 193 Å². The third-order valence-corrected chi connectivity index (χ3v) is 39.6. The van der Waals surface area contributed by atoms with Crippen LogP contribution in [0.5, 0.6) is 0 Å². The van der Waals surface area contributed by atoms with Crippen molar-refractivity contribution in [2.45, 2.75) is 169 Å². The summed E-state index contributed by atoms with van der Waals surface area (Å²) in [5.74, 6) is 0. The fourth-order valence-corrected chi connectivity index (χ4v) is 15.2. The van der Waals surface area contributed by atoms with E-state index in [0.29, 0.717) is 0 Å². The molecule has 4 aromatic carbocycles. The molecule has 0 aliphatic rings. The normalized spacial score (nSPS) is 11.8. The van der Waals surface area contributed by atoms with Crippen LogP contribution < -0.4 is 40.4 Å². The van der Waals surface area contributed by atoms with Crippen molar-refractivity contribution >= 4 is 102 Å². The van der Waals surface area contributed by atoms with E-state index in [-0.39, 0.29) is 39.3 Å². The molecule has 0 radical (unpaired) electrons. The summed E-state index contributed by atoms with van der Waals surface area (Å²) in [7, 11) is -10.8. The third kappa shape index (κ3) is 22.1. The number of hydrogen-bond acceptors (Lipinski definition) is 5. The van der Waals surface area contributed by atoms with Gasteiger partial charge in [0.2, 0.25) is 0 Å². The molecule has 10 nitrogen and oxygen atoms in total. The Balaban J connectivity index is 0.00000105. The van der Waals surface area contributed by atoms with Gasteiger partial charge >= 0.3 is 18.9 Å². The molecule has 0 fully saturated rings. The Morgan fingerprint density at radius 1 is 0.595 bits per heavy atom. The fraction of sp³-hybridized carbons (Fsp3) is 0.385. The largest absolute Gasteiger partial charge is 1.00 e. The van der Waals surface area contributed by atoms with Crippen LogP contribution >= 0.6 is 31.2 Å². The molecule has 0 saturated heterocycles. The first-order chi connectivity index (χ1) is 37.5. The van der Waals surface area contributed by atoms with E-state index in [1.807, 2.05) is 37.8 Å². The van der Waals surface area contributed by atoms with Crippen molar-refractivity contribution in [1.82, 2.24) is 28.7 Å². The van der Waals surface area contributed by atoms with Crippen molar-refractivity contribution in [3.63, 3.8) is 0 Å². The first kappa shape index (κ1) is 80.2. The molecule has 3 N–H and O–H groups in total. The topological polar surface area (TPSA) is 139 Å². The monoisotopic (exact) mass is 1370 g/mol. The van der Waals surface area contributed by atoms with E-state index in [2.05, 4.69) is 296 Å². The zero-order valence-electron chi connectivity index (χ0n) is 55.1. The summed E-state index contributed by atoms with van der Waals surface area (Å²) >= 11 is 7.22. The molecule has 0 spiro atoms. The molecule has 0 unspecified atom stereocenters. The predicted octanol–water partition coefficient (Wildman–Crippen LogP) is 13.6. The average Bonchev–Trinajstić information content (AvgIpc) is 2.58. The maximum atomic E-state index is 10.5. The minimum atomic E-state index is -4.02. The van der Waals surface area contributed by atoms with E-state index >= 15 is 0 Å². The van der Waals surface area contributed by atoms with Crippen LogP contribution in [0.3, 0.4) is 0 Å². The number of aromatic nitrogens is 6. The maximum Gasteiger partial charge on any atom is 1.00 e. The van der Waals surface area contributed by atoms with Gasteiger partial charge in [-0.25, -0.2) is 15.0 Å². The van der Waals surface area contributed by atoms with Gasteiger partial charge in [0.25, 0.3) is 10.1 Å². The number of hydrogen-bond donors (Lipinski definition) is 1. The molecule has 0 amide bonds. The molecule has 456 valence electrons. The molecule has 3 aromatic heterocycles. The van der Waals surface area contributed by atoms with Crippen molar-refractivity contribution in [2.24, 2.45) is 0 Å². The summed E-state index contributed by atoms with van der Waals surface area (Å²) < 4.78 is 37.5. The second-order valence-electron chi connectivity index (χ2n) is 25.7. The van der Waals surface area contributed by atoms with Crippen molar-refractivity contribution in [2.75, 3.05) is 0 Å². The van der Waals surface area contributed by atoms with Gasteiger partial charge in [-0.15, -0.1) is 35.0 Å². The third-order valence-electron chi connectivity index (χ3n) is 16.2. The van der Waals surface area contributed by atoms with Gasteiger partial charge in [-0.3, -0.25) is 9.12 Å². The number of allylic oxidation sites excluding steroid dienone is 3. The zero-order valence-corrected chi connectivity index (χ0v) is 64.1. The smallest absolute Gasteiger partial charge is 0.412 e. The van der Waals surface area contributed by atoms with Gasteiger partial charge in [0, 0.05) is 40.1 Å². The molecule has 7 aromatic rings. The second kappa shape index (κ2) is 33.6. The summed E-state index contributed by atoms with van der Waals surface area (Å²) in [4.78, 5) is 13.9. The molecule has 0 aliphatic carbocycles. The number of nitrogens with zero attached hydrogens (tertiary/aromatic N) is 6. The van der Waals surface area contributed by atoms with E-state index < -0.39 is 49.1 Å². The molecule has 0 aliphatic heterocycles. The molecular weight excluding hydrogens is 1270 g/mol. The number of imidazole rings is 3. The van der Waals surface area contributed by atoms with Gasteiger partial charge in [-0.05, 0) is 102 Å².